The number of nitrogens with one attached hydrogen (secondary N) is 2. The third kappa shape index (κ3) is 7.37. The van der Waals surface area contributed by atoms with Gasteiger partial charge >= 0.3 is 0 Å². The van der Waals surface area contributed by atoms with Crippen molar-refractivity contribution in [3.63, 3.8) is 0 Å². The lowest BCUT2D eigenvalue weighted by Gasteiger charge is -2.19. The van der Waals surface area contributed by atoms with Crippen LogP contribution in [0.3, 0.4) is 0 Å². The molecule has 0 unspecified atom stereocenters. The molecule has 8 heteroatoms. The van der Waals surface area contributed by atoms with Gasteiger partial charge in [-0.15, -0.1) is 24.0 Å². The van der Waals surface area contributed by atoms with E-state index in [9.17, 15) is 4.79 Å². The number of anilines is 1. The van der Waals surface area contributed by atoms with Gasteiger partial charge in [0.1, 0.15) is 0 Å². The molecule has 0 radical (unpaired) electrons. The molecule has 0 fully saturated rings. The van der Waals surface area contributed by atoms with Crippen molar-refractivity contribution in [3.8, 4) is 11.5 Å². The second-order valence-electron chi connectivity index (χ2n) is 5.87. The van der Waals surface area contributed by atoms with E-state index in [1.54, 1.807) is 21.0 Å². The fourth-order valence-corrected chi connectivity index (χ4v) is 1.82. The quantitative estimate of drug-likeness (QED) is 0.312. The van der Waals surface area contributed by atoms with Crippen LogP contribution >= 0.6 is 24.0 Å². The zero-order valence-corrected chi connectivity index (χ0v) is 17.8. The number of benzene rings is 1. The minimum absolute atomic E-state index is 0. The third-order valence-electron chi connectivity index (χ3n) is 3.37. The topological polar surface area (TPSA) is 98.0 Å². The summed E-state index contributed by atoms with van der Waals surface area (Å²) in [6.45, 7) is 8.93. The fourth-order valence-electron chi connectivity index (χ4n) is 1.82. The van der Waals surface area contributed by atoms with Crippen LogP contribution in [0.2, 0.25) is 0 Å². The smallest absolute Gasteiger partial charge is 0.224 e. The highest BCUT2D eigenvalue weighted by atomic mass is 127. The zero-order chi connectivity index (χ0) is 18.2. The van der Waals surface area contributed by atoms with Crippen molar-refractivity contribution in [3.05, 3.63) is 18.2 Å². The Morgan fingerprint density at radius 3 is 2.48 bits per heavy atom. The molecule has 142 valence electrons. The lowest BCUT2D eigenvalue weighted by Crippen LogP contribution is -2.37. The maximum Gasteiger partial charge on any atom is 0.224 e. The molecule has 0 heterocycles. The summed E-state index contributed by atoms with van der Waals surface area (Å²) >= 11 is 0. The number of methoxy groups -OCH3 is 1. The summed E-state index contributed by atoms with van der Waals surface area (Å²) in [7, 11) is 1.60. The van der Waals surface area contributed by atoms with Crippen LogP contribution in [-0.4, -0.2) is 38.7 Å². The molecule has 1 amide bonds. The predicted molar refractivity (Wildman–Crippen MR) is 112 cm³/mol. The molecule has 0 aliphatic rings. The number of amides is 1. The Labute approximate surface area is 166 Å². The van der Waals surface area contributed by atoms with Gasteiger partial charge in [0, 0.05) is 18.3 Å². The predicted octanol–water partition coefficient (Wildman–Crippen LogP) is 2.60. The SMILES string of the molecule is CCNC(=NCC(C)(C)C(N)=O)Nc1ccc(OC)c(OCC)c1.I. The number of rotatable bonds is 8. The van der Waals surface area contributed by atoms with Gasteiger partial charge in [-0.2, -0.15) is 0 Å². The molecule has 0 aromatic heterocycles. The first-order chi connectivity index (χ1) is 11.3. The summed E-state index contributed by atoms with van der Waals surface area (Å²) < 4.78 is 10.8. The number of ether oxygens (including phenoxy) is 2. The number of nitrogens with zero attached hydrogens (tertiary/aromatic N) is 1. The molecule has 0 saturated heterocycles. The lowest BCUT2D eigenvalue weighted by molar-refractivity contribution is -0.125. The summed E-state index contributed by atoms with van der Waals surface area (Å²) in [6.07, 6.45) is 0. The molecule has 1 rings (SSSR count). The highest BCUT2D eigenvalue weighted by molar-refractivity contribution is 14.0. The van der Waals surface area contributed by atoms with Crippen molar-refractivity contribution in [2.75, 3.05) is 32.1 Å². The van der Waals surface area contributed by atoms with Gasteiger partial charge in [0.05, 0.1) is 25.7 Å². The Morgan fingerprint density at radius 1 is 1.28 bits per heavy atom. The second-order valence-corrected chi connectivity index (χ2v) is 5.87. The number of guanidine groups is 1. The van der Waals surface area contributed by atoms with E-state index in [4.69, 9.17) is 15.2 Å². The molecule has 1 aromatic carbocycles. The number of halogens is 1. The second kappa shape index (κ2) is 11.0. The Bertz CT molecular complexity index is 591. The summed E-state index contributed by atoms with van der Waals surface area (Å²) in [5, 5.41) is 6.33. The van der Waals surface area contributed by atoms with Gasteiger partial charge in [0.15, 0.2) is 17.5 Å². The molecule has 0 spiro atoms. The van der Waals surface area contributed by atoms with Gasteiger partial charge in [0.25, 0.3) is 0 Å². The maximum absolute atomic E-state index is 11.4. The third-order valence-corrected chi connectivity index (χ3v) is 3.37. The zero-order valence-electron chi connectivity index (χ0n) is 15.5. The molecule has 0 saturated carbocycles. The van der Waals surface area contributed by atoms with E-state index in [0.29, 0.717) is 30.6 Å². The van der Waals surface area contributed by atoms with Gasteiger partial charge in [-0.3, -0.25) is 9.79 Å². The van der Waals surface area contributed by atoms with Gasteiger partial charge in [-0.25, -0.2) is 0 Å². The van der Waals surface area contributed by atoms with E-state index in [0.717, 1.165) is 5.69 Å². The van der Waals surface area contributed by atoms with Gasteiger partial charge in [-0.05, 0) is 39.8 Å². The summed E-state index contributed by atoms with van der Waals surface area (Å²) in [5.74, 6) is 1.50. The highest BCUT2D eigenvalue weighted by Crippen LogP contribution is 2.30. The van der Waals surface area contributed by atoms with Crippen molar-refractivity contribution in [1.29, 1.82) is 0 Å². The average Bonchev–Trinajstić information content (AvgIpc) is 2.53. The molecule has 0 aliphatic carbocycles. The van der Waals surface area contributed by atoms with E-state index >= 15 is 0 Å². The minimum atomic E-state index is -0.710. The number of carbonyl (C=O) groups is 1. The molecule has 0 bridgehead atoms. The molecule has 0 aliphatic heterocycles. The van der Waals surface area contributed by atoms with E-state index in [1.807, 2.05) is 32.0 Å². The Morgan fingerprint density at radius 2 is 1.96 bits per heavy atom. The Balaban J connectivity index is 0.00000576. The molecular formula is C17H29IN4O3. The first-order valence-corrected chi connectivity index (χ1v) is 8.00. The first-order valence-electron chi connectivity index (χ1n) is 8.00. The number of carbonyl (C=O) groups excluding carboxylic acids is 1. The fraction of sp³-hybridized carbons (Fsp3) is 0.529. The van der Waals surface area contributed by atoms with Crippen molar-refractivity contribution >= 4 is 41.5 Å². The van der Waals surface area contributed by atoms with Gasteiger partial charge in [0.2, 0.25) is 5.91 Å². The molecular weight excluding hydrogens is 435 g/mol. The average molecular weight is 464 g/mol. The van der Waals surface area contributed by atoms with Crippen LogP contribution in [0.4, 0.5) is 5.69 Å². The van der Waals surface area contributed by atoms with Gasteiger partial charge < -0.3 is 25.8 Å². The van der Waals surface area contributed by atoms with Crippen LogP contribution in [0.15, 0.2) is 23.2 Å². The van der Waals surface area contributed by atoms with E-state index in [-0.39, 0.29) is 36.4 Å². The minimum Gasteiger partial charge on any atom is -0.493 e. The van der Waals surface area contributed by atoms with E-state index < -0.39 is 5.41 Å². The van der Waals surface area contributed by atoms with Crippen LogP contribution in [-0.2, 0) is 4.79 Å². The number of nitrogens with two attached hydrogens (primary N) is 1. The standard InChI is InChI=1S/C17H28N4O3.HI/c1-6-19-16(20-11-17(3,4)15(18)22)21-12-8-9-13(23-5)14(10-12)24-7-2;/h8-10H,6-7,11H2,1-5H3,(H2,18,22)(H2,19,20,21);1H. The van der Waals surface area contributed by atoms with E-state index in [2.05, 4.69) is 15.6 Å². The Hall–Kier alpha value is -1.71. The number of aliphatic imine (C=N–C) groups is 1. The molecule has 25 heavy (non-hydrogen) atoms. The largest absolute Gasteiger partial charge is 0.493 e. The van der Waals surface area contributed by atoms with E-state index in [1.165, 1.54) is 0 Å². The number of hydrogen-bond donors (Lipinski definition) is 3. The highest BCUT2D eigenvalue weighted by Gasteiger charge is 2.24. The van der Waals surface area contributed by atoms with Crippen LogP contribution in [0.25, 0.3) is 0 Å². The maximum atomic E-state index is 11.4. The van der Waals surface area contributed by atoms with Crippen molar-refractivity contribution in [1.82, 2.24) is 5.32 Å². The molecule has 7 nitrogen and oxygen atoms in total. The van der Waals surface area contributed by atoms with Crippen molar-refractivity contribution in [2.45, 2.75) is 27.7 Å². The normalized spacial score (nSPS) is 11.3. The molecule has 0 atom stereocenters. The summed E-state index contributed by atoms with van der Waals surface area (Å²) in [5.41, 5.74) is 5.48. The summed E-state index contributed by atoms with van der Waals surface area (Å²) in [4.78, 5) is 15.9. The Kier molecular flexibility index (Phi) is 10.3. The van der Waals surface area contributed by atoms with Gasteiger partial charge in [-0.1, -0.05) is 0 Å². The van der Waals surface area contributed by atoms with Crippen LogP contribution in [0, 0.1) is 5.41 Å². The van der Waals surface area contributed by atoms with Crippen LogP contribution in [0.5, 0.6) is 11.5 Å². The van der Waals surface area contributed by atoms with Crippen molar-refractivity contribution in [2.24, 2.45) is 16.1 Å². The van der Waals surface area contributed by atoms with Crippen LogP contribution < -0.4 is 25.8 Å². The monoisotopic (exact) mass is 464 g/mol. The van der Waals surface area contributed by atoms with Crippen LogP contribution in [0.1, 0.15) is 27.7 Å². The lowest BCUT2D eigenvalue weighted by atomic mass is 9.93. The number of primary amides is 1. The number of hydrogen-bond acceptors (Lipinski definition) is 4. The molecule has 4 N–H and O–H groups in total. The summed E-state index contributed by atoms with van der Waals surface area (Å²) in [6, 6.07) is 5.53. The first kappa shape index (κ1) is 23.3. The van der Waals surface area contributed by atoms with Crippen molar-refractivity contribution < 1.29 is 14.3 Å². The molecule has 1 aromatic rings.